The predicted octanol–water partition coefficient (Wildman–Crippen LogP) is 2.60. The zero-order valence-corrected chi connectivity index (χ0v) is 16.0. The molecule has 5 aliphatic rings. The highest BCUT2D eigenvalue weighted by atomic mass is 17.3. The third-order valence-electron chi connectivity index (χ3n) is 6.89. The van der Waals surface area contributed by atoms with Gasteiger partial charge < -0.3 is 19.3 Å². The third-order valence-corrected chi connectivity index (χ3v) is 6.89. The normalized spacial score (nSPS) is 48.4. The van der Waals surface area contributed by atoms with Crippen molar-refractivity contribution < 1.29 is 38.7 Å². The number of carbonyl (C=O) groups excluding carboxylic acids is 1. The second-order valence-electron chi connectivity index (χ2n) is 8.66. The number of aliphatic carboxylic acids is 1. The van der Waals surface area contributed by atoms with Gasteiger partial charge in [-0.05, 0) is 38.0 Å². The monoisotopic (exact) mass is 384 g/mol. The summed E-state index contributed by atoms with van der Waals surface area (Å²) in [7, 11) is 0. The molecule has 27 heavy (non-hydrogen) atoms. The summed E-state index contributed by atoms with van der Waals surface area (Å²) in [6.07, 6.45) is 1.72. The molecule has 1 N–H and O–H groups in total. The van der Waals surface area contributed by atoms with Gasteiger partial charge in [0.25, 0.3) is 0 Å². The minimum Gasteiger partial charge on any atom is -0.481 e. The summed E-state index contributed by atoms with van der Waals surface area (Å²) in [6, 6.07) is 0. The molecule has 4 heterocycles. The molecule has 1 spiro atoms. The summed E-state index contributed by atoms with van der Waals surface area (Å²) in [6.45, 7) is 6.06. The van der Waals surface area contributed by atoms with E-state index in [9.17, 15) is 9.59 Å². The molecule has 5 fully saturated rings. The van der Waals surface area contributed by atoms with Crippen LogP contribution in [0.2, 0.25) is 0 Å². The molecule has 0 amide bonds. The number of esters is 1. The van der Waals surface area contributed by atoms with Crippen molar-refractivity contribution in [2.24, 2.45) is 23.7 Å². The van der Waals surface area contributed by atoms with E-state index in [2.05, 4.69) is 6.92 Å². The Bertz CT molecular complexity index is 623. The van der Waals surface area contributed by atoms with Crippen LogP contribution in [0.25, 0.3) is 0 Å². The number of ether oxygens (including phenoxy) is 3. The molecule has 1 aliphatic carbocycles. The molecule has 4 saturated heterocycles. The Hall–Kier alpha value is -1.22. The lowest BCUT2D eigenvalue weighted by Crippen LogP contribution is -2.70. The lowest BCUT2D eigenvalue weighted by Gasteiger charge is -2.59. The van der Waals surface area contributed by atoms with Crippen LogP contribution in [0.1, 0.15) is 59.3 Å². The van der Waals surface area contributed by atoms with E-state index in [0.717, 1.165) is 19.3 Å². The van der Waals surface area contributed by atoms with Crippen LogP contribution in [0.15, 0.2) is 0 Å². The second kappa shape index (κ2) is 6.69. The summed E-state index contributed by atoms with van der Waals surface area (Å²) in [4.78, 5) is 34.5. The molecule has 1 unspecified atom stereocenters. The SMILES string of the molecule is C[C@H]1[C@@H](OC(=O)CCC(=O)O)OC2O[C@]3(C)CC[C@H]4[C@H](C)CC[C@@H]1[C@@]24OO3. The van der Waals surface area contributed by atoms with Crippen molar-refractivity contribution in [2.75, 3.05) is 0 Å². The maximum absolute atomic E-state index is 12.1. The van der Waals surface area contributed by atoms with Gasteiger partial charge in [-0.3, -0.25) is 9.59 Å². The number of fused-ring (bicyclic) bond motifs is 2. The summed E-state index contributed by atoms with van der Waals surface area (Å²) < 4.78 is 17.8. The van der Waals surface area contributed by atoms with E-state index >= 15 is 0 Å². The van der Waals surface area contributed by atoms with Crippen LogP contribution < -0.4 is 0 Å². The molecule has 152 valence electrons. The van der Waals surface area contributed by atoms with Gasteiger partial charge >= 0.3 is 11.9 Å². The van der Waals surface area contributed by atoms with Crippen molar-refractivity contribution >= 4 is 11.9 Å². The fraction of sp³-hybridized carbons (Fsp3) is 0.895. The van der Waals surface area contributed by atoms with Crippen LogP contribution in [0.4, 0.5) is 0 Å². The van der Waals surface area contributed by atoms with Gasteiger partial charge in [-0.2, -0.15) is 0 Å². The smallest absolute Gasteiger partial charge is 0.308 e. The fourth-order valence-electron chi connectivity index (χ4n) is 5.40. The zero-order chi connectivity index (χ0) is 19.4. The predicted molar refractivity (Wildman–Crippen MR) is 89.8 cm³/mol. The van der Waals surface area contributed by atoms with Gasteiger partial charge in [-0.15, -0.1) is 0 Å². The van der Waals surface area contributed by atoms with Gasteiger partial charge in [0, 0.05) is 18.3 Å². The summed E-state index contributed by atoms with van der Waals surface area (Å²) in [5.41, 5.74) is -0.697. The Morgan fingerprint density at radius 3 is 2.63 bits per heavy atom. The zero-order valence-electron chi connectivity index (χ0n) is 16.0. The highest BCUT2D eigenvalue weighted by Gasteiger charge is 2.69. The largest absolute Gasteiger partial charge is 0.481 e. The molecule has 8 nitrogen and oxygen atoms in total. The van der Waals surface area contributed by atoms with Crippen LogP contribution in [0.5, 0.6) is 0 Å². The topological polar surface area (TPSA) is 101 Å². The van der Waals surface area contributed by atoms with Crippen molar-refractivity contribution in [3.63, 3.8) is 0 Å². The van der Waals surface area contributed by atoms with E-state index in [1.165, 1.54) is 0 Å². The highest BCUT2D eigenvalue weighted by Crippen LogP contribution is 2.60. The summed E-state index contributed by atoms with van der Waals surface area (Å²) in [5, 5.41) is 8.76. The quantitative estimate of drug-likeness (QED) is 0.583. The molecular formula is C19H28O8. The van der Waals surface area contributed by atoms with Crippen LogP contribution in [0, 0.1) is 23.7 Å². The molecule has 2 bridgehead atoms. The summed E-state index contributed by atoms with van der Waals surface area (Å²) >= 11 is 0. The lowest BCUT2D eigenvalue weighted by molar-refractivity contribution is -0.576. The number of carboxylic acids is 1. The Morgan fingerprint density at radius 2 is 1.89 bits per heavy atom. The first-order valence-corrected chi connectivity index (χ1v) is 9.86. The third kappa shape index (κ3) is 3.06. The number of rotatable bonds is 4. The van der Waals surface area contributed by atoms with E-state index in [-0.39, 0.29) is 30.6 Å². The van der Waals surface area contributed by atoms with E-state index in [4.69, 9.17) is 29.1 Å². The highest BCUT2D eigenvalue weighted by molar-refractivity contribution is 5.76. The first-order valence-electron chi connectivity index (χ1n) is 9.86. The van der Waals surface area contributed by atoms with Crippen LogP contribution in [-0.2, 0) is 33.6 Å². The molecular weight excluding hydrogens is 356 g/mol. The Balaban J connectivity index is 1.58. The van der Waals surface area contributed by atoms with Crippen molar-refractivity contribution in [3.05, 3.63) is 0 Å². The first kappa shape index (κ1) is 19.1. The van der Waals surface area contributed by atoms with Crippen molar-refractivity contribution in [1.82, 2.24) is 0 Å². The standard InChI is InChI=1S/C19H28O8/c1-10-4-5-13-11(2)16(23-15(22)7-6-14(20)21)24-17-19(13)12(10)8-9-18(3,25-17)26-27-19/h10-13,16-17H,4-9H2,1-3H3,(H,20,21)/t10-,11-,12+,13+,16+,17?,18+,19-/m1/s1. The van der Waals surface area contributed by atoms with Crippen molar-refractivity contribution in [1.29, 1.82) is 0 Å². The first-order chi connectivity index (χ1) is 12.7. The Labute approximate surface area is 158 Å². The number of hydrogen-bond donors (Lipinski definition) is 1. The molecule has 0 radical (unpaired) electrons. The number of carboxylic acid groups (broad SMARTS) is 1. The van der Waals surface area contributed by atoms with Crippen LogP contribution in [0.3, 0.4) is 0 Å². The molecule has 0 aromatic heterocycles. The maximum Gasteiger partial charge on any atom is 0.308 e. The van der Waals surface area contributed by atoms with Gasteiger partial charge in [0.2, 0.25) is 12.1 Å². The average Bonchev–Trinajstić information content (AvgIpc) is 2.84. The summed E-state index contributed by atoms with van der Waals surface area (Å²) in [5.74, 6) is -1.82. The minimum atomic E-state index is -1.03. The minimum absolute atomic E-state index is 0.0670. The maximum atomic E-state index is 12.1. The van der Waals surface area contributed by atoms with E-state index < -0.39 is 35.9 Å². The average molecular weight is 384 g/mol. The molecule has 5 rings (SSSR count). The Morgan fingerprint density at radius 1 is 1.11 bits per heavy atom. The van der Waals surface area contributed by atoms with E-state index in [1.807, 2.05) is 13.8 Å². The van der Waals surface area contributed by atoms with Crippen molar-refractivity contribution in [2.45, 2.75) is 83.3 Å². The van der Waals surface area contributed by atoms with Crippen LogP contribution in [-0.4, -0.2) is 41.0 Å². The van der Waals surface area contributed by atoms with Gasteiger partial charge in [0.15, 0.2) is 11.9 Å². The van der Waals surface area contributed by atoms with E-state index in [0.29, 0.717) is 12.3 Å². The van der Waals surface area contributed by atoms with Gasteiger partial charge in [-0.1, -0.05) is 13.8 Å². The molecule has 1 saturated carbocycles. The fourth-order valence-corrected chi connectivity index (χ4v) is 5.40. The number of hydrogen-bond acceptors (Lipinski definition) is 7. The molecule has 4 aliphatic heterocycles. The van der Waals surface area contributed by atoms with Gasteiger partial charge in [-0.25, -0.2) is 9.78 Å². The van der Waals surface area contributed by atoms with E-state index in [1.54, 1.807) is 0 Å². The van der Waals surface area contributed by atoms with Gasteiger partial charge in [0.05, 0.1) is 12.8 Å². The second-order valence-corrected chi connectivity index (χ2v) is 8.66. The molecule has 0 aromatic rings. The Kier molecular flexibility index (Phi) is 4.73. The van der Waals surface area contributed by atoms with Crippen LogP contribution >= 0.6 is 0 Å². The number of carbonyl (C=O) groups is 2. The molecule has 8 heteroatoms. The molecule has 0 aromatic carbocycles. The van der Waals surface area contributed by atoms with Gasteiger partial charge in [0.1, 0.15) is 0 Å². The lowest BCUT2D eigenvalue weighted by atomic mass is 9.58. The van der Waals surface area contributed by atoms with Crippen molar-refractivity contribution in [3.8, 4) is 0 Å². The molecule has 8 atom stereocenters.